The fourth-order valence-electron chi connectivity index (χ4n) is 3.73. The Morgan fingerprint density at radius 1 is 1.00 bits per heavy atom. The minimum atomic E-state index is 0.0847. The summed E-state index contributed by atoms with van der Waals surface area (Å²) in [6.45, 7) is 6.09. The summed E-state index contributed by atoms with van der Waals surface area (Å²) >= 11 is 0. The summed E-state index contributed by atoms with van der Waals surface area (Å²) in [5.74, 6) is 0.956. The Balaban J connectivity index is 1.39. The number of carbonyl (C=O) groups excluding carboxylic acids is 1. The highest BCUT2D eigenvalue weighted by molar-refractivity contribution is 5.95. The molecule has 0 saturated carbocycles. The Labute approximate surface area is 171 Å². The van der Waals surface area contributed by atoms with Gasteiger partial charge in [-0.2, -0.15) is 5.10 Å². The second-order valence-corrected chi connectivity index (χ2v) is 7.60. The van der Waals surface area contributed by atoms with Crippen molar-refractivity contribution < 1.29 is 9.53 Å². The van der Waals surface area contributed by atoms with E-state index >= 15 is 0 Å². The first-order valence-corrected chi connectivity index (χ1v) is 10.1. The number of benzene rings is 1. The van der Waals surface area contributed by atoms with Crippen molar-refractivity contribution in [3.63, 3.8) is 0 Å². The van der Waals surface area contributed by atoms with Crippen molar-refractivity contribution in [2.45, 2.75) is 0 Å². The number of morpholine rings is 1. The number of amides is 1. The number of aromatic nitrogens is 2. The zero-order valence-electron chi connectivity index (χ0n) is 17.1. The van der Waals surface area contributed by atoms with Crippen molar-refractivity contribution in [3.05, 3.63) is 42.1 Å². The lowest BCUT2D eigenvalue weighted by atomic mass is 10.1. The van der Waals surface area contributed by atoms with Crippen LogP contribution in [0.15, 0.2) is 36.5 Å². The van der Waals surface area contributed by atoms with E-state index in [1.54, 1.807) is 0 Å². The summed E-state index contributed by atoms with van der Waals surface area (Å²) in [5, 5.41) is 8.53. The lowest BCUT2D eigenvalue weighted by Gasteiger charge is -2.36. The number of piperazine rings is 1. The maximum Gasteiger partial charge on any atom is 0.254 e. The van der Waals surface area contributed by atoms with Crippen LogP contribution in [-0.4, -0.2) is 87.6 Å². The Bertz CT molecular complexity index is 845. The SMILES string of the molecule is CN(C)c1cccc(C(=O)N2CCN(c3cc(N4CCOCC4)cnn3)CC2)c1. The van der Waals surface area contributed by atoms with Crippen LogP contribution < -0.4 is 14.7 Å². The summed E-state index contributed by atoms with van der Waals surface area (Å²) in [6, 6.07) is 9.88. The number of rotatable bonds is 4. The second-order valence-electron chi connectivity index (χ2n) is 7.60. The predicted octanol–water partition coefficient (Wildman–Crippen LogP) is 1.34. The van der Waals surface area contributed by atoms with Gasteiger partial charge in [-0.1, -0.05) is 6.07 Å². The molecule has 2 aliphatic heterocycles. The van der Waals surface area contributed by atoms with Crippen LogP contribution in [0.25, 0.3) is 0 Å². The fourth-order valence-corrected chi connectivity index (χ4v) is 3.73. The highest BCUT2D eigenvalue weighted by Gasteiger charge is 2.24. The van der Waals surface area contributed by atoms with E-state index in [0.29, 0.717) is 13.1 Å². The van der Waals surface area contributed by atoms with Gasteiger partial charge in [0.15, 0.2) is 5.82 Å². The first-order valence-electron chi connectivity index (χ1n) is 10.1. The van der Waals surface area contributed by atoms with E-state index in [0.717, 1.165) is 62.1 Å². The van der Waals surface area contributed by atoms with E-state index in [1.807, 2.05) is 54.4 Å². The standard InChI is InChI=1S/C21H28N6O2/c1-24(2)18-5-3-4-17(14-18)21(28)27-8-6-26(7-9-27)20-15-19(16-22-23-20)25-10-12-29-13-11-25/h3-5,14-16H,6-13H2,1-2H3. The lowest BCUT2D eigenvalue weighted by molar-refractivity contribution is 0.0746. The molecule has 8 heteroatoms. The van der Waals surface area contributed by atoms with Gasteiger partial charge in [-0.05, 0) is 18.2 Å². The topological polar surface area (TPSA) is 65.0 Å². The lowest BCUT2D eigenvalue weighted by Crippen LogP contribution is -2.49. The Hall–Kier alpha value is -2.87. The number of anilines is 3. The average molecular weight is 396 g/mol. The smallest absolute Gasteiger partial charge is 0.254 e. The number of hydrogen-bond donors (Lipinski definition) is 0. The molecule has 154 valence electrons. The van der Waals surface area contributed by atoms with Crippen molar-refractivity contribution in [1.29, 1.82) is 0 Å². The summed E-state index contributed by atoms with van der Waals surface area (Å²) in [4.78, 5) is 21.3. The third kappa shape index (κ3) is 4.42. The molecule has 3 heterocycles. The molecule has 1 aromatic carbocycles. The van der Waals surface area contributed by atoms with Gasteiger partial charge in [0.1, 0.15) is 0 Å². The molecule has 2 aromatic rings. The minimum absolute atomic E-state index is 0.0847. The zero-order chi connectivity index (χ0) is 20.2. The number of ether oxygens (including phenoxy) is 1. The van der Waals surface area contributed by atoms with Crippen LogP contribution in [0.1, 0.15) is 10.4 Å². The number of nitrogens with zero attached hydrogens (tertiary/aromatic N) is 6. The molecule has 0 N–H and O–H groups in total. The van der Waals surface area contributed by atoms with Crippen molar-refractivity contribution >= 4 is 23.1 Å². The minimum Gasteiger partial charge on any atom is -0.378 e. The molecule has 2 saturated heterocycles. The van der Waals surface area contributed by atoms with Crippen molar-refractivity contribution in [3.8, 4) is 0 Å². The van der Waals surface area contributed by atoms with E-state index in [2.05, 4.69) is 26.1 Å². The van der Waals surface area contributed by atoms with Crippen LogP contribution >= 0.6 is 0 Å². The molecule has 0 atom stereocenters. The molecule has 2 fully saturated rings. The van der Waals surface area contributed by atoms with Crippen LogP contribution in [0, 0.1) is 0 Å². The fraction of sp³-hybridized carbons (Fsp3) is 0.476. The monoisotopic (exact) mass is 396 g/mol. The summed E-state index contributed by atoms with van der Waals surface area (Å²) in [5.41, 5.74) is 2.85. The highest BCUT2D eigenvalue weighted by Crippen LogP contribution is 2.22. The molecular weight excluding hydrogens is 368 g/mol. The first-order chi connectivity index (χ1) is 14.1. The van der Waals surface area contributed by atoms with Crippen LogP contribution in [0.2, 0.25) is 0 Å². The summed E-state index contributed by atoms with van der Waals surface area (Å²) in [7, 11) is 3.96. The van der Waals surface area contributed by atoms with Gasteiger partial charge >= 0.3 is 0 Å². The van der Waals surface area contributed by atoms with Crippen molar-refractivity contribution in [2.24, 2.45) is 0 Å². The van der Waals surface area contributed by atoms with Gasteiger partial charge in [0.25, 0.3) is 5.91 Å². The first kappa shape index (κ1) is 19.4. The second kappa shape index (κ2) is 8.65. The normalized spacial score (nSPS) is 17.4. The molecule has 0 radical (unpaired) electrons. The van der Waals surface area contributed by atoms with Gasteiger partial charge in [0.2, 0.25) is 0 Å². The maximum atomic E-state index is 12.9. The van der Waals surface area contributed by atoms with Gasteiger partial charge in [-0.25, -0.2) is 0 Å². The van der Waals surface area contributed by atoms with Crippen LogP contribution in [-0.2, 0) is 4.74 Å². The molecule has 0 bridgehead atoms. The Kier molecular flexibility index (Phi) is 5.80. The molecule has 4 rings (SSSR count). The number of carbonyl (C=O) groups is 1. The van der Waals surface area contributed by atoms with E-state index in [1.165, 1.54) is 0 Å². The predicted molar refractivity (Wildman–Crippen MR) is 114 cm³/mol. The van der Waals surface area contributed by atoms with E-state index in [9.17, 15) is 4.79 Å². The third-order valence-electron chi connectivity index (χ3n) is 5.50. The average Bonchev–Trinajstić information content (AvgIpc) is 2.79. The zero-order valence-corrected chi connectivity index (χ0v) is 17.1. The van der Waals surface area contributed by atoms with Crippen LogP contribution in [0.5, 0.6) is 0 Å². The molecule has 29 heavy (non-hydrogen) atoms. The molecule has 0 spiro atoms. The van der Waals surface area contributed by atoms with Crippen molar-refractivity contribution in [2.75, 3.05) is 81.3 Å². The third-order valence-corrected chi connectivity index (χ3v) is 5.50. The quantitative estimate of drug-likeness (QED) is 0.773. The molecule has 1 amide bonds. The Morgan fingerprint density at radius 3 is 2.48 bits per heavy atom. The molecule has 0 unspecified atom stereocenters. The van der Waals surface area contributed by atoms with Crippen LogP contribution in [0.3, 0.4) is 0 Å². The van der Waals surface area contributed by atoms with Gasteiger partial charge in [0.05, 0.1) is 25.1 Å². The van der Waals surface area contributed by atoms with E-state index in [-0.39, 0.29) is 5.91 Å². The largest absolute Gasteiger partial charge is 0.378 e. The van der Waals surface area contributed by atoms with Gasteiger partial charge in [0, 0.05) is 70.7 Å². The van der Waals surface area contributed by atoms with Gasteiger partial charge < -0.3 is 24.3 Å². The Morgan fingerprint density at radius 2 is 1.76 bits per heavy atom. The molecule has 0 aliphatic carbocycles. The van der Waals surface area contributed by atoms with Gasteiger partial charge in [-0.15, -0.1) is 5.10 Å². The molecule has 1 aromatic heterocycles. The molecule has 2 aliphatic rings. The van der Waals surface area contributed by atoms with E-state index in [4.69, 9.17) is 4.74 Å². The summed E-state index contributed by atoms with van der Waals surface area (Å²) in [6.07, 6.45) is 1.81. The number of hydrogen-bond acceptors (Lipinski definition) is 7. The highest BCUT2D eigenvalue weighted by atomic mass is 16.5. The summed E-state index contributed by atoms with van der Waals surface area (Å²) < 4.78 is 5.43. The van der Waals surface area contributed by atoms with Crippen LogP contribution in [0.4, 0.5) is 17.2 Å². The molecular formula is C21H28N6O2. The molecule has 8 nitrogen and oxygen atoms in total. The van der Waals surface area contributed by atoms with Crippen molar-refractivity contribution in [1.82, 2.24) is 15.1 Å². The van der Waals surface area contributed by atoms with Gasteiger partial charge in [-0.3, -0.25) is 4.79 Å². The maximum absolute atomic E-state index is 12.9. The van der Waals surface area contributed by atoms with E-state index < -0.39 is 0 Å².